The van der Waals surface area contributed by atoms with E-state index in [9.17, 15) is 19.5 Å². The van der Waals surface area contributed by atoms with E-state index in [-0.39, 0.29) is 23.9 Å². The van der Waals surface area contributed by atoms with Crippen molar-refractivity contribution >= 4 is 17.9 Å². The Morgan fingerprint density at radius 1 is 1.13 bits per heavy atom. The number of aliphatic hydroxyl groups is 1. The Balaban J connectivity index is 1.72. The third kappa shape index (κ3) is 6.11. The van der Waals surface area contributed by atoms with Crippen LogP contribution in [0.2, 0.25) is 0 Å². The minimum absolute atomic E-state index is 0.00654. The summed E-state index contributed by atoms with van der Waals surface area (Å²) in [5, 5.41) is 16.3. The number of likely N-dealkylation sites (tertiary alicyclic amines) is 1. The fourth-order valence-corrected chi connectivity index (χ4v) is 4.87. The summed E-state index contributed by atoms with van der Waals surface area (Å²) in [7, 11) is 0. The minimum atomic E-state index is -1.30. The van der Waals surface area contributed by atoms with Gasteiger partial charge in [-0.1, -0.05) is 26.2 Å². The molecular weight excluding hydrogens is 398 g/mol. The molecule has 0 aromatic rings. The minimum Gasteiger partial charge on any atom is -0.444 e. The van der Waals surface area contributed by atoms with E-state index < -0.39 is 35.8 Å². The molecular formula is C23H39N3O5. The molecule has 31 heavy (non-hydrogen) atoms. The molecule has 1 heterocycles. The first-order chi connectivity index (χ1) is 14.6. The molecule has 2 saturated carbocycles. The van der Waals surface area contributed by atoms with Crippen molar-refractivity contribution in [3.05, 3.63) is 0 Å². The molecule has 3 N–H and O–H groups in total. The predicted octanol–water partition coefficient (Wildman–Crippen LogP) is 2.48. The van der Waals surface area contributed by atoms with Crippen molar-refractivity contribution in [1.82, 2.24) is 15.5 Å². The summed E-state index contributed by atoms with van der Waals surface area (Å²) in [6, 6.07) is -1.17. The van der Waals surface area contributed by atoms with Gasteiger partial charge in [0.1, 0.15) is 11.6 Å². The van der Waals surface area contributed by atoms with Gasteiger partial charge in [0.05, 0.1) is 6.04 Å². The van der Waals surface area contributed by atoms with E-state index in [1.54, 1.807) is 4.90 Å². The Morgan fingerprint density at radius 3 is 2.42 bits per heavy atom. The Labute approximate surface area is 185 Å². The lowest BCUT2D eigenvalue weighted by Gasteiger charge is -2.35. The first-order valence-corrected chi connectivity index (χ1v) is 11.9. The number of ether oxygens (including phenoxy) is 1. The van der Waals surface area contributed by atoms with Gasteiger partial charge in [-0.15, -0.1) is 0 Å². The summed E-state index contributed by atoms with van der Waals surface area (Å²) in [5.41, 5.74) is -0.646. The van der Waals surface area contributed by atoms with Crippen molar-refractivity contribution in [3.8, 4) is 0 Å². The van der Waals surface area contributed by atoms with Crippen LogP contribution in [0.15, 0.2) is 0 Å². The van der Waals surface area contributed by atoms with E-state index >= 15 is 0 Å². The van der Waals surface area contributed by atoms with Gasteiger partial charge >= 0.3 is 6.09 Å². The number of hydrogen-bond donors (Lipinski definition) is 3. The quantitative estimate of drug-likeness (QED) is 0.567. The maximum Gasteiger partial charge on any atom is 0.411 e. The van der Waals surface area contributed by atoms with Crippen LogP contribution >= 0.6 is 0 Å². The Hall–Kier alpha value is -1.83. The molecule has 8 heteroatoms. The second-order valence-corrected chi connectivity index (χ2v) is 10.4. The normalized spacial score (nSPS) is 27.8. The lowest BCUT2D eigenvalue weighted by atomic mass is 9.85. The van der Waals surface area contributed by atoms with Crippen LogP contribution in [0.1, 0.15) is 85.5 Å². The molecule has 5 unspecified atom stereocenters. The maximum atomic E-state index is 13.3. The molecule has 0 aromatic heterocycles. The van der Waals surface area contributed by atoms with E-state index in [1.165, 1.54) is 0 Å². The van der Waals surface area contributed by atoms with Crippen molar-refractivity contribution in [3.63, 3.8) is 0 Å². The van der Waals surface area contributed by atoms with Crippen LogP contribution in [0.3, 0.4) is 0 Å². The van der Waals surface area contributed by atoms with Gasteiger partial charge in [-0.25, -0.2) is 4.79 Å². The zero-order valence-electron chi connectivity index (χ0n) is 19.4. The van der Waals surface area contributed by atoms with Crippen molar-refractivity contribution in [2.75, 3.05) is 0 Å². The van der Waals surface area contributed by atoms with Crippen LogP contribution in [0.25, 0.3) is 0 Å². The fraction of sp³-hybridized carbons (Fsp3) is 0.870. The number of rotatable bonds is 7. The maximum absolute atomic E-state index is 13.3. The molecule has 3 amide bonds. The summed E-state index contributed by atoms with van der Waals surface area (Å²) < 4.78 is 5.63. The number of nitrogens with one attached hydrogen (secondary N) is 2. The largest absolute Gasteiger partial charge is 0.444 e. The number of hydrogen-bond acceptors (Lipinski definition) is 5. The summed E-state index contributed by atoms with van der Waals surface area (Å²) in [6.45, 7) is 7.41. The molecule has 0 aromatic carbocycles. The third-order valence-corrected chi connectivity index (χ3v) is 6.50. The summed E-state index contributed by atoms with van der Waals surface area (Å²) in [4.78, 5) is 40.3. The lowest BCUT2D eigenvalue weighted by molar-refractivity contribution is -0.133. The second-order valence-electron chi connectivity index (χ2n) is 10.4. The highest BCUT2D eigenvalue weighted by Gasteiger charge is 2.49. The first kappa shape index (κ1) is 23.8. The van der Waals surface area contributed by atoms with Gasteiger partial charge in [0, 0.05) is 12.1 Å². The SMILES string of the molecule is CCCC(NC(=O)C1CC2CCCCC2N1C(=O)OC(C)(C)C)C(O)C(=O)NC1CC1. The zero-order chi connectivity index (χ0) is 22.8. The molecule has 0 radical (unpaired) electrons. The lowest BCUT2D eigenvalue weighted by Crippen LogP contribution is -2.56. The molecule has 0 spiro atoms. The van der Waals surface area contributed by atoms with Gasteiger partial charge in [-0.05, 0) is 65.2 Å². The molecule has 2 aliphatic carbocycles. The van der Waals surface area contributed by atoms with E-state index in [0.717, 1.165) is 38.5 Å². The number of fused-ring (bicyclic) bond motifs is 1. The van der Waals surface area contributed by atoms with Crippen molar-refractivity contribution in [1.29, 1.82) is 0 Å². The average molecular weight is 438 g/mol. The van der Waals surface area contributed by atoms with Gasteiger partial charge in [-0.3, -0.25) is 14.5 Å². The van der Waals surface area contributed by atoms with E-state index in [4.69, 9.17) is 4.74 Å². The van der Waals surface area contributed by atoms with Crippen LogP contribution in [0, 0.1) is 5.92 Å². The van der Waals surface area contributed by atoms with Crippen molar-refractivity contribution in [2.24, 2.45) is 5.92 Å². The number of nitrogens with zero attached hydrogens (tertiary/aromatic N) is 1. The van der Waals surface area contributed by atoms with Crippen LogP contribution in [-0.2, 0) is 14.3 Å². The topological polar surface area (TPSA) is 108 Å². The third-order valence-electron chi connectivity index (χ3n) is 6.50. The highest BCUT2D eigenvalue weighted by atomic mass is 16.6. The molecule has 3 rings (SSSR count). The van der Waals surface area contributed by atoms with Crippen LogP contribution in [0.4, 0.5) is 4.79 Å². The number of carbonyl (C=O) groups excluding carboxylic acids is 3. The van der Waals surface area contributed by atoms with Gasteiger partial charge in [0.25, 0.3) is 5.91 Å². The molecule has 1 aliphatic heterocycles. The highest BCUT2D eigenvalue weighted by Crippen LogP contribution is 2.40. The molecule has 8 nitrogen and oxygen atoms in total. The van der Waals surface area contributed by atoms with Crippen molar-refractivity contribution in [2.45, 2.75) is 121 Å². The van der Waals surface area contributed by atoms with Crippen LogP contribution in [-0.4, -0.2) is 63.8 Å². The van der Waals surface area contributed by atoms with Crippen molar-refractivity contribution < 1.29 is 24.2 Å². The Bertz CT molecular complexity index is 673. The molecule has 5 atom stereocenters. The summed E-state index contributed by atoms with van der Waals surface area (Å²) in [6.07, 6.45) is 5.91. The number of amides is 3. The molecule has 1 saturated heterocycles. The van der Waals surface area contributed by atoms with Gasteiger partial charge in [0.15, 0.2) is 6.10 Å². The Kier molecular flexibility index (Phi) is 7.50. The number of aliphatic hydroxyl groups excluding tert-OH is 1. The smallest absolute Gasteiger partial charge is 0.411 e. The predicted molar refractivity (Wildman–Crippen MR) is 116 cm³/mol. The zero-order valence-corrected chi connectivity index (χ0v) is 19.4. The molecule has 0 bridgehead atoms. The average Bonchev–Trinajstić information content (AvgIpc) is 3.41. The molecule has 3 aliphatic rings. The number of carbonyl (C=O) groups is 3. The second kappa shape index (κ2) is 9.76. The molecule has 176 valence electrons. The first-order valence-electron chi connectivity index (χ1n) is 11.9. The standard InChI is InChI=1S/C23H39N3O5/c1-5-8-16(19(27)21(29)24-15-11-12-15)25-20(28)18-13-14-9-6-7-10-17(14)26(18)22(30)31-23(2,3)4/h14-19,27H,5-13H2,1-4H3,(H,24,29)(H,25,28). The molecule has 3 fully saturated rings. The van der Waals surface area contributed by atoms with Crippen LogP contribution < -0.4 is 10.6 Å². The summed E-state index contributed by atoms with van der Waals surface area (Å²) >= 11 is 0. The monoisotopic (exact) mass is 437 g/mol. The van der Waals surface area contributed by atoms with Gasteiger partial charge < -0.3 is 20.5 Å². The van der Waals surface area contributed by atoms with Crippen LogP contribution in [0.5, 0.6) is 0 Å². The highest BCUT2D eigenvalue weighted by molar-refractivity contribution is 5.88. The fourth-order valence-electron chi connectivity index (χ4n) is 4.87. The van der Waals surface area contributed by atoms with E-state index in [0.29, 0.717) is 19.3 Å². The van der Waals surface area contributed by atoms with Gasteiger partial charge in [0.2, 0.25) is 5.91 Å². The van der Waals surface area contributed by atoms with E-state index in [1.807, 2.05) is 27.7 Å². The Morgan fingerprint density at radius 2 is 1.81 bits per heavy atom. The summed E-state index contributed by atoms with van der Waals surface area (Å²) in [5.74, 6) is -0.466. The van der Waals surface area contributed by atoms with Gasteiger partial charge in [-0.2, -0.15) is 0 Å². The van der Waals surface area contributed by atoms with E-state index in [2.05, 4.69) is 10.6 Å².